The maximum absolute atomic E-state index is 11.1. The van der Waals surface area contributed by atoms with Gasteiger partial charge in [0, 0.05) is 41.3 Å². The van der Waals surface area contributed by atoms with Crippen LogP contribution < -0.4 is 4.74 Å². The van der Waals surface area contributed by atoms with E-state index in [0.29, 0.717) is 13.2 Å². The van der Waals surface area contributed by atoms with Crippen LogP contribution in [0.3, 0.4) is 0 Å². The van der Waals surface area contributed by atoms with Crippen LogP contribution in [0.25, 0.3) is 0 Å². The molecule has 2 aromatic rings. The number of nitrogens with zero attached hydrogens (tertiary/aromatic N) is 1. The Morgan fingerprint density at radius 2 is 1.67 bits per heavy atom. The van der Waals surface area contributed by atoms with E-state index in [4.69, 9.17) is 9.47 Å². The van der Waals surface area contributed by atoms with Gasteiger partial charge >= 0.3 is 0 Å². The molecule has 0 bridgehead atoms. The fraction of sp³-hybridized carbons (Fsp3) is 0.429. The molecule has 0 radical (unpaired) electrons. The van der Waals surface area contributed by atoms with Gasteiger partial charge in [-0.25, -0.2) is 0 Å². The van der Waals surface area contributed by atoms with Crippen LogP contribution in [0.5, 0.6) is 5.75 Å². The van der Waals surface area contributed by atoms with Crippen molar-refractivity contribution in [3.05, 3.63) is 62.5 Å². The first kappa shape index (κ1) is 20.8. The van der Waals surface area contributed by atoms with E-state index in [1.807, 2.05) is 36.4 Å². The minimum atomic E-state index is -0.744. The summed E-state index contributed by atoms with van der Waals surface area (Å²) >= 11 is 7.01. The summed E-state index contributed by atoms with van der Waals surface area (Å²) in [5, 5.41) is 11.1. The highest BCUT2D eigenvalue weighted by Gasteiger charge is 2.34. The second-order valence-corrected chi connectivity index (χ2v) is 8.74. The number of halogens is 2. The third kappa shape index (κ3) is 5.55. The standard InChI is InChI=1S/C21H25Br2NO3/c1-26-12-13-27-20-7-6-19(23)14-16(20)15-24-10-8-21(25,9-11-24)17-2-4-18(22)5-3-17/h2-7,14,25H,8-13,15H2,1H3. The number of methoxy groups -OCH3 is 1. The molecule has 1 saturated heterocycles. The molecule has 1 N–H and O–H groups in total. The molecule has 3 rings (SSSR count). The molecule has 4 nitrogen and oxygen atoms in total. The number of likely N-dealkylation sites (tertiary alicyclic amines) is 1. The summed E-state index contributed by atoms with van der Waals surface area (Å²) in [5.41, 5.74) is 1.40. The van der Waals surface area contributed by atoms with Crippen molar-refractivity contribution in [1.29, 1.82) is 0 Å². The van der Waals surface area contributed by atoms with Crippen molar-refractivity contribution in [3.63, 3.8) is 0 Å². The Morgan fingerprint density at radius 1 is 1.00 bits per heavy atom. The van der Waals surface area contributed by atoms with Gasteiger partial charge < -0.3 is 14.6 Å². The summed E-state index contributed by atoms with van der Waals surface area (Å²) in [6.07, 6.45) is 1.45. The zero-order valence-corrected chi connectivity index (χ0v) is 18.6. The monoisotopic (exact) mass is 497 g/mol. The van der Waals surface area contributed by atoms with E-state index in [0.717, 1.165) is 58.3 Å². The highest BCUT2D eigenvalue weighted by Crippen LogP contribution is 2.34. The van der Waals surface area contributed by atoms with Gasteiger partial charge in [-0.3, -0.25) is 4.90 Å². The van der Waals surface area contributed by atoms with E-state index in [1.165, 1.54) is 0 Å². The van der Waals surface area contributed by atoms with E-state index in [-0.39, 0.29) is 0 Å². The van der Waals surface area contributed by atoms with Crippen LogP contribution in [-0.4, -0.2) is 43.4 Å². The highest BCUT2D eigenvalue weighted by molar-refractivity contribution is 9.10. The molecular formula is C21H25Br2NO3. The molecule has 0 aromatic heterocycles. The van der Waals surface area contributed by atoms with Crippen molar-refractivity contribution in [2.75, 3.05) is 33.4 Å². The van der Waals surface area contributed by atoms with Gasteiger partial charge in [0.1, 0.15) is 12.4 Å². The lowest BCUT2D eigenvalue weighted by Crippen LogP contribution is -2.42. The smallest absolute Gasteiger partial charge is 0.123 e. The van der Waals surface area contributed by atoms with Crippen LogP contribution in [0, 0.1) is 0 Å². The zero-order chi connectivity index (χ0) is 19.3. The first-order valence-corrected chi connectivity index (χ1v) is 10.7. The van der Waals surface area contributed by atoms with E-state index < -0.39 is 5.60 Å². The Kier molecular flexibility index (Phi) is 7.34. The molecule has 27 heavy (non-hydrogen) atoms. The first-order valence-electron chi connectivity index (χ1n) is 9.11. The van der Waals surface area contributed by atoms with Crippen LogP contribution in [0.1, 0.15) is 24.0 Å². The molecule has 2 aromatic carbocycles. The summed E-state index contributed by atoms with van der Waals surface area (Å²) in [6.45, 7) is 3.60. The molecule has 1 aliphatic heterocycles. The third-order valence-electron chi connectivity index (χ3n) is 5.03. The van der Waals surface area contributed by atoms with Crippen LogP contribution in [-0.2, 0) is 16.9 Å². The number of hydrogen-bond donors (Lipinski definition) is 1. The average molecular weight is 499 g/mol. The summed E-state index contributed by atoms with van der Waals surface area (Å²) in [4.78, 5) is 2.37. The van der Waals surface area contributed by atoms with E-state index >= 15 is 0 Å². The molecule has 6 heteroatoms. The van der Waals surface area contributed by atoms with Gasteiger partial charge in [-0.1, -0.05) is 44.0 Å². The number of aliphatic hydroxyl groups is 1. The van der Waals surface area contributed by atoms with Crippen LogP contribution >= 0.6 is 31.9 Å². The van der Waals surface area contributed by atoms with Crippen molar-refractivity contribution < 1.29 is 14.6 Å². The summed E-state index contributed by atoms with van der Waals surface area (Å²) in [6, 6.07) is 14.1. The number of benzene rings is 2. The van der Waals surface area contributed by atoms with Gasteiger partial charge in [-0.15, -0.1) is 0 Å². The zero-order valence-electron chi connectivity index (χ0n) is 15.5. The Balaban J connectivity index is 1.63. The van der Waals surface area contributed by atoms with Crippen molar-refractivity contribution in [2.45, 2.75) is 25.0 Å². The normalized spacial score (nSPS) is 17.0. The minimum absolute atomic E-state index is 0.536. The van der Waals surface area contributed by atoms with Gasteiger partial charge in [0.05, 0.1) is 12.2 Å². The lowest BCUT2D eigenvalue weighted by molar-refractivity contribution is -0.0278. The molecule has 0 aliphatic carbocycles. The first-order chi connectivity index (χ1) is 13.0. The number of ether oxygens (including phenoxy) is 2. The summed E-state index contributed by atoms with van der Waals surface area (Å²) in [5.74, 6) is 0.893. The molecule has 1 aliphatic rings. The largest absolute Gasteiger partial charge is 0.491 e. The lowest BCUT2D eigenvalue weighted by Gasteiger charge is -2.38. The Labute approximate surface area is 177 Å². The fourth-order valence-corrected chi connectivity index (χ4v) is 4.09. The van der Waals surface area contributed by atoms with Crippen molar-refractivity contribution in [1.82, 2.24) is 4.90 Å². The topological polar surface area (TPSA) is 41.9 Å². The minimum Gasteiger partial charge on any atom is -0.491 e. The van der Waals surface area contributed by atoms with Crippen LogP contribution in [0.4, 0.5) is 0 Å². The molecule has 0 atom stereocenters. The molecular weight excluding hydrogens is 474 g/mol. The summed E-state index contributed by atoms with van der Waals surface area (Å²) in [7, 11) is 1.67. The second-order valence-electron chi connectivity index (χ2n) is 6.91. The van der Waals surface area contributed by atoms with Crippen molar-refractivity contribution in [2.24, 2.45) is 0 Å². The maximum Gasteiger partial charge on any atom is 0.123 e. The molecule has 1 fully saturated rings. The lowest BCUT2D eigenvalue weighted by atomic mass is 9.84. The number of hydrogen-bond acceptors (Lipinski definition) is 4. The summed E-state index contributed by atoms with van der Waals surface area (Å²) < 4.78 is 13.0. The van der Waals surface area contributed by atoms with Gasteiger partial charge in [-0.05, 0) is 48.7 Å². The van der Waals surface area contributed by atoms with Gasteiger partial charge in [0.2, 0.25) is 0 Å². The molecule has 146 valence electrons. The average Bonchev–Trinajstić information content (AvgIpc) is 2.66. The number of piperidine rings is 1. The van der Waals surface area contributed by atoms with Gasteiger partial charge in [0.25, 0.3) is 0 Å². The van der Waals surface area contributed by atoms with Crippen molar-refractivity contribution in [3.8, 4) is 5.75 Å². The van der Waals surface area contributed by atoms with E-state index in [9.17, 15) is 5.11 Å². The molecule has 0 saturated carbocycles. The van der Waals surface area contributed by atoms with Crippen LogP contribution in [0.15, 0.2) is 51.4 Å². The predicted molar refractivity (Wildman–Crippen MR) is 114 cm³/mol. The molecule has 0 spiro atoms. The maximum atomic E-state index is 11.1. The third-order valence-corrected chi connectivity index (χ3v) is 6.05. The fourth-order valence-electron chi connectivity index (χ4n) is 3.42. The quantitative estimate of drug-likeness (QED) is 0.561. The Morgan fingerprint density at radius 3 is 2.33 bits per heavy atom. The van der Waals surface area contributed by atoms with Crippen LogP contribution in [0.2, 0.25) is 0 Å². The molecule has 1 heterocycles. The predicted octanol–water partition coefficient (Wildman–Crippen LogP) is 4.72. The Bertz CT molecular complexity index is 744. The van der Waals surface area contributed by atoms with Gasteiger partial charge in [-0.2, -0.15) is 0 Å². The highest BCUT2D eigenvalue weighted by atomic mass is 79.9. The number of rotatable bonds is 7. The second kappa shape index (κ2) is 9.52. The van der Waals surface area contributed by atoms with E-state index in [2.05, 4.69) is 42.8 Å². The molecule has 0 amide bonds. The molecule has 0 unspecified atom stereocenters. The van der Waals surface area contributed by atoms with Crippen molar-refractivity contribution >= 4 is 31.9 Å². The van der Waals surface area contributed by atoms with E-state index in [1.54, 1.807) is 7.11 Å². The Hall–Kier alpha value is -0.920. The van der Waals surface area contributed by atoms with Gasteiger partial charge in [0.15, 0.2) is 0 Å². The SMILES string of the molecule is COCCOc1ccc(Br)cc1CN1CCC(O)(c2ccc(Br)cc2)CC1.